The van der Waals surface area contributed by atoms with Gasteiger partial charge in [-0.15, -0.1) is 0 Å². The lowest BCUT2D eigenvalue weighted by molar-refractivity contribution is -0.137. The third-order valence-corrected chi connectivity index (χ3v) is 9.84. The molecule has 2 aromatic carbocycles. The molecule has 0 aliphatic carbocycles. The first-order valence-corrected chi connectivity index (χ1v) is 13.6. The molecule has 2 heterocycles. The minimum Gasteiger partial charge on any atom is -0.340 e. The zero-order valence-electron chi connectivity index (χ0n) is 17.7. The van der Waals surface area contributed by atoms with Gasteiger partial charge in [0, 0.05) is 39.3 Å². The normalized spacial score (nSPS) is 21.4. The molecule has 2 aromatic rings. The maximum Gasteiger partial charge on any atom is 0.243 e. The molecule has 2 fully saturated rings. The van der Waals surface area contributed by atoms with Gasteiger partial charge in [-0.3, -0.25) is 4.79 Å². The topological polar surface area (TPSA) is 95.1 Å². The fraction of sp³-hybridized carbons (Fsp3) is 0.409. The molecule has 2 saturated heterocycles. The van der Waals surface area contributed by atoms with Crippen molar-refractivity contribution < 1.29 is 21.6 Å². The van der Waals surface area contributed by atoms with Gasteiger partial charge in [-0.1, -0.05) is 36.4 Å². The largest absolute Gasteiger partial charge is 0.340 e. The molecule has 4 rings (SSSR count). The highest BCUT2D eigenvalue weighted by Crippen LogP contribution is 2.26. The van der Waals surface area contributed by atoms with Crippen LogP contribution in [0.15, 0.2) is 70.5 Å². The molecular formula is C22H27N3O5S2. The van der Waals surface area contributed by atoms with E-state index in [-0.39, 0.29) is 35.3 Å². The van der Waals surface area contributed by atoms with Crippen LogP contribution in [0.4, 0.5) is 0 Å². The summed E-state index contributed by atoms with van der Waals surface area (Å²) in [6.07, 6.45) is 1.24. The second kappa shape index (κ2) is 9.30. The van der Waals surface area contributed by atoms with Gasteiger partial charge in [-0.25, -0.2) is 16.8 Å². The number of amides is 1. The third-order valence-electron chi connectivity index (χ3n) is 6.05. The van der Waals surface area contributed by atoms with Gasteiger partial charge < -0.3 is 4.90 Å². The summed E-state index contributed by atoms with van der Waals surface area (Å²) >= 11 is 0. The lowest BCUT2D eigenvalue weighted by Gasteiger charge is -2.38. The van der Waals surface area contributed by atoms with Crippen molar-refractivity contribution in [3.05, 3.63) is 60.7 Å². The molecule has 1 amide bonds. The molecule has 0 saturated carbocycles. The Morgan fingerprint density at radius 1 is 0.688 bits per heavy atom. The number of rotatable bonds is 5. The van der Waals surface area contributed by atoms with Gasteiger partial charge >= 0.3 is 0 Å². The SMILES string of the molecule is O=C(C1CCCN(S(=O)(=O)c2ccccc2)C1)N1CCN(S(=O)(=O)c2ccccc2)CC1. The molecule has 2 aliphatic heterocycles. The molecule has 0 bridgehead atoms. The molecule has 0 N–H and O–H groups in total. The summed E-state index contributed by atoms with van der Waals surface area (Å²) < 4.78 is 54.3. The molecule has 172 valence electrons. The average Bonchev–Trinajstić information content (AvgIpc) is 2.85. The van der Waals surface area contributed by atoms with E-state index >= 15 is 0 Å². The standard InChI is InChI=1S/C22H27N3O5S2/c26-22(19-8-7-13-25(18-19)32(29,30)21-11-5-2-6-12-21)23-14-16-24(17-15-23)31(27,28)20-9-3-1-4-10-20/h1-6,9-12,19H,7-8,13-18H2. The van der Waals surface area contributed by atoms with E-state index in [1.54, 1.807) is 65.6 Å². The molecule has 10 heteroatoms. The van der Waals surface area contributed by atoms with E-state index in [1.807, 2.05) is 0 Å². The van der Waals surface area contributed by atoms with Crippen LogP contribution in [0.3, 0.4) is 0 Å². The number of piperidine rings is 1. The minimum atomic E-state index is -3.64. The smallest absolute Gasteiger partial charge is 0.243 e. The van der Waals surface area contributed by atoms with Crippen molar-refractivity contribution >= 4 is 26.0 Å². The first kappa shape index (κ1) is 22.9. The Balaban J connectivity index is 1.39. The van der Waals surface area contributed by atoms with Crippen LogP contribution in [0.25, 0.3) is 0 Å². The second-order valence-corrected chi connectivity index (χ2v) is 11.9. The summed E-state index contributed by atoms with van der Waals surface area (Å²) in [5, 5.41) is 0. The highest BCUT2D eigenvalue weighted by atomic mass is 32.2. The van der Waals surface area contributed by atoms with Crippen LogP contribution in [-0.2, 0) is 24.8 Å². The van der Waals surface area contributed by atoms with E-state index in [4.69, 9.17) is 0 Å². The van der Waals surface area contributed by atoms with Crippen molar-refractivity contribution in [2.75, 3.05) is 39.3 Å². The molecule has 8 nitrogen and oxygen atoms in total. The van der Waals surface area contributed by atoms with Crippen molar-refractivity contribution in [1.29, 1.82) is 0 Å². The van der Waals surface area contributed by atoms with E-state index in [9.17, 15) is 21.6 Å². The van der Waals surface area contributed by atoms with Crippen molar-refractivity contribution in [2.24, 2.45) is 5.92 Å². The molecule has 32 heavy (non-hydrogen) atoms. The van der Waals surface area contributed by atoms with Crippen LogP contribution in [0.2, 0.25) is 0 Å². The lowest BCUT2D eigenvalue weighted by atomic mass is 9.98. The average molecular weight is 478 g/mol. The highest BCUT2D eigenvalue weighted by molar-refractivity contribution is 7.89. The molecule has 1 unspecified atom stereocenters. The lowest BCUT2D eigenvalue weighted by Crippen LogP contribution is -2.54. The van der Waals surface area contributed by atoms with Crippen molar-refractivity contribution in [3.63, 3.8) is 0 Å². The van der Waals surface area contributed by atoms with Gasteiger partial charge in [0.1, 0.15) is 0 Å². The fourth-order valence-electron chi connectivity index (χ4n) is 4.25. The van der Waals surface area contributed by atoms with Crippen LogP contribution in [0.5, 0.6) is 0 Å². The Labute approximate surface area is 189 Å². The predicted octanol–water partition coefficient (Wildman–Crippen LogP) is 1.62. The van der Waals surface area contributed by atoms with Crippen LogP contribution >= 0.6 is 0 Å². The predicted molar refractivity (Wildman–Crippen MR) is 120 cm³/mol. The van der Waals surface area contributed by atoms with Gasteiger partial charge in [0.2, 0.25) is 26.0 Å². The Bertz CT molecular complexity index is 1150. The van der Waals surface area contributed by atoms with E-state index in [0.717, 1.165) is 0 Å². The highest BCUT2D eigenvalue weighted by Gasteiger charge is 2.37. The fourth-order valence-corrected chi connectivity index (χ4v) is 7.24. The summed E-state index contributed by atoms with van der Waals surface area (Å²) in [6, 6.07) is 16.5. The number of nitrogens with zero attached hydrogens (tertiary/aromatic N) is 3. The molecule has 0 spiro atoms. The summed E-state index contributed by atoms with van der Waals surface area (Å²) in [5.74, 6) is -0.519. The van der Waals surface area contributed by atoms with Crippen LogP contribution in [0.1, 0.15) is 12.8 Å². The molecule has 2 aliphatic rings. The molecule has 1 atom stereocenters. The van der Waals surface area contributed by atoms with E-state index in [1.165, 1.54) is 8.61 Å². The second-order valence-electron chi connectivity index (χ2n) is 8.06. The molecule has 0 aromatic heterocycles. The minimum absolute atomic E-state index is 0.102. The maximum atomic E-state index is 13.1. The van der Waals surface area contributed by atoms with Gasteiger partial charge in [0.05, 0.1) is 15.7 Å². The quantitative estimate of drug-likeness (QED) is 0.652. The summed E-state index contributed by atoms with van der Waals surface area (Å²) in [7, 11) is -7.23. The van der Waals surface area contributed by atoms with Gasteiger partial charge in [-0.05, 0) is 37.1 Å². The van der Waals surface area contributed by atoms with E-state index in [0.29, 0.717) is 32.5 Å². The zero-order valence-corrected chi connectivity index (χ0v) is 19.3. The number of hydrogen-bond acceptors (Lipinski definition) is 5. The Morgan fingerprint density at radius 2 is 1.19 bits per heavy atom. The number of hydrogen-bond donors (Lipinski definition) is 0. The molecular weight excluding hydrogens is 450 g/mol. The summed E-state index contributed by atoms with van der Waals surface area (Å²) in [5.41, 5.74) is 0. The van der Waals surface area contributed by atoms with Crippen molar-refractivity contribution in [1.82, 2.24) is 13.5 Å². The third kappa shape index (κ3) is 4.59. The number of carbonyl (C=O) groups is 1. The molecule has 0 radical (unpaired) electrons. The van der Waals surface area contributed by atoms with E-state index in [2.05, 4.69) is 0 Å². The zero-order chi connectivity index (χ0) is 22.8. The Hall–Kier alpha value is -2.27. The van der Waals surface area contributed by atoms with Crippen LogP contribution < -0.4 is 0 Å². The summed E-state index contributed by atoms with van der Waals surface area (Å²) in [4.78, 5) is 15.3. The van der Waals surface area contributed by atoms with Crippen LogP contribution in [-0.4, -0.2) is 75.5 Å². The van der Waals surface area contributed by atoms with Crippen molar-refractivity contribution in [2.45, 2.75) is 22.6 Å². The first-order valence-electron chi connectivity index (χ1n) is 10.7. The first-order chi connectivity index (χ1) is 15.3. The summed E-state index contributed by atoms with van der Waals surface area (Å²) in [6.45, 7) is 1.59. The number of carbonyl (C=O) groups excluding carboxylic acids is 1. The maximum absolute atomic E-state index is 13.1. The van der Waals surface area contributed by atoms with Gasteiger partial charge in [-0.2, -0.15) is 8.61 Å². The number of sulfonamides is 2. The van der Waals surface area contributed by atoms with Crippen LogP contribution in [0, 0.1) is 5.92 Å². The Morgan fingerprint density at radius 3 is 1.72 bits per heavy atom. The number of piperazine rings is 1. The van der Waals surface area contributed by atoms with Gasteiger partial charge in [0.15, 0.2) is 0 Å². The monoisotopic (exact) mass is 477 g/mol. The number of benzene rings is 2. The Kier molecular flexibility index (Phi) is 6.66. The van der Waals surface area contributed by atoms with Gasteiger partial charge in [0.25, 0.3) is 0 Å². The van der Waals surface area contributed by atoms with E-state index < -0.39 is 26.0 Å². The van der Waals surface area contributed by atoms with Crippen molar-refractivity contribution in [3.8, 4) is 0 Å².